The van der Waals surface area contributed by atoms with E-state index in [1.54, 1.807) is 0 Å². The van der Waals surface area contributed by atoms with Gasteiger partial charge >= 0.3 is 5.97 Å². The van der Waals surface area contributed by atoms with Crippen LogP contribution in [0.15, 0.2) is 36.7 Å². The van der Waals surface area contributed by atoms with E-state index in [1.165, 1.54) is 44.1 Å². The van der Waals surface area contributed by atoms with Gasteiger partial charge in [0.15, 0.2) is 5.82 Å². The summed E-state index contributed by atoms with van der Waals surface area (Å²) in [5.41, 5.74) is 1.70. The Bertz CT molecular complexity index is 800. The number of esters is 1. The molecule has 0 spiro atoms. The third-order valence-corrected chi connectivity index (χ3v) is 5.70. The minimum atomic E-state index is -0.520. The van der Waals surface area contributed by atoms with Gasteiger partial charge in [0, 0.05) is 24.4 Å². The molecular weight excluding hydrogens is 376 g/mol. The maximum atomic E-state index is 12.0. The molecule has 30 heavy (non-hydrogen) atoms. The van der Waals surface area contributed by atoms with Crippen molar-refractivity contribution in [3.63, 3.8) is 0 Å². The molecule has 2 heterocycles. The SMILES string of the molecule is CCCCCCCCc1cnc(-c2ccc(OC3CCC(C)(C)C(=O)O3)cc2)nc1. The number of unbranched alkanes of at least 4 members (excludes halogenated alkanes) is 5. The van der Waals surface area contributed by atoms with Crippen LogP contribution < -0.4 is 4.74 Å². The highest BCUT2D eigenvalue weighted by Crippen LogP contribution is 2.32. The largest absolute Gasteiger partial charge is 0.455 e. The molecule has 0 N–H and O–H groups in total. The van der Waals surface area contributed by atoms with Gasteiger partial charge in [-0.05, 0) is 62.9 Å². The van der Waals surface area contributed by atoms with E-state index in [1.807, 2.05) is 50.5 Å². The van der Waals surface area contributed by atoms with Gasteiger partial charge in [-0.3, -0.25) is 4.79 Å². The van der Waals surface area contributed by atoms with Crippen molar-refractivity contribution in [2.45, 2.75) is 84.8 Å². The maximum absolute atomic E-state index is 12.0. The van der Waals surface area contributed by atoms with Crippen molar-refractivity contribution in [1.82, 2.24) is 9.97 Å². The summed E-state index contributed by atoms with van der Waals surface area (Å²) in [7, 11) is 0. The first-order valence-corrected chi connectivity index (χ1v) is 11.3. The molecule has 1 aromatic carbocycles. The van der Waals surface area contributed by atoms with Crippen LogP contribution in [0.3, 0.4) is 0 Å². The Morgan fingerprint density at radius 2 is 1.70 bits per heavy atom. The van der Waals surface area contributed by atoms with Gasteiger partial charge < -0.3 is 9.47 Å². The summed E-state index contributed by atoms with van der Waals surface area (Å²) in [5.74, 6) is 1.18. The third-order valence-electron chi connectivity index (χ3n) is 5.70. The van der Waals surface area contributed by atoms with Gasteiger partial charge in [-0.25, -0.2) is 9.97 Å². The molecule has 0 saturated carbocycles. The van der Waals surface area contributed by atoms with Crippen molar-refractivity contribution in [3.05, 3.63) is 42.2 Å². The van der Waals surface area contributed by atoms with Crippen molar-refractivity contribution >= 4 is 5.97 Å². The average molecular weight is 411 g/mol. The van der Waals surface area contributed by atoms with Crippen LogP contribution in [0.4, 0.5) is 0 Å². The Kier molecular flexibility index (Phi) is 7.83. The first kappa shape index (κ1) is 22.3. The van der Waals surface area contributed by atoms with E-state index < -0.39 is 11.7 Å². The van der Waals surface area contributed by atoms with Crippen LogP contribution in [0.1, 0.15) is 77.7 Å². The van der Waals surface area contributed by atoms with E-state index in [0.29, 0.717) is 18.0 Å². The zero-order valence-electron chi connectivity index (χ0n) is 18.5. The predicted octanol–water partition coefficient (Wildman–Crippen LogP) is 6.11. The summed E-state index contributed by atoms with van der Waals surface area (Å²) in [5, 5.41) is 0. The van der Waals surface area contributed by atoms with E-state index in [0.717, 1.165) is 18.4 Å². The zero-order valence-corrected chi connectivity index (χ0v) is 18.5. The molecule has 5 nitrogen and oxygen atoms in total. The lowest BCUT2D eigenvalue weighted by Gasteiger charge is -2.32. The quantitative estimate of drug-likeness (QED) is 0.349. The molecule has 0 aliphatic carbocycles. The highest BCUT2D eigenvalue weighted by Gasteiger charge is 2.37. The molecular formula is C25H34N2O3. The van der Waals surface area contributed by atoms with Gasteiger partial charge in [-0.2, -0.15) is 0 Å². The van der Waals surface area contributed by atoms with Crippen LogP contribution in [0.2, 0.25) is 0 Å². The number of aryl methyl sites for hydroxylation is 1. The van der Waals surface area contributed by atoms with Gasteiger partial charge in [-0.15, -0.1) is 0 Å². The van der Waals surface area contributed by atoms with Crippen LogP contribution >= 0.6 is 0 Å². The molecule has 1 fully saturated rings. The molecule has 0 bridgehead atoms. The highest BCUT2D eigenvalue weighted by molar-refractivity contribution is 5.76. The summed E-state index contributed by atoms with van der Waals surface area (Å²) in [6.45, 7) is 6.05. The number of carbonyl (C=O) groups excluding carboxylic acids is 1. The van der Waals surface area contributed by atoms with Gasteiger partial charge in [0.2, 0.25) is 6.29 Å². The molecule has 0 radical (unpaired) electrons. The first-order valence-electron chi connectivity index (χ1n) is 11.3. The molecule has 1 aliphatic heterocycles. The normalized spacial score (nSPS) is 18.1. The summed E-state index contributed by atoms with van der Waals surface area (Å²) in [4.78, 5) is 21.0. The topological polar surface area (TPSA) is 61.3 Å². The molecule has 162 valence electrons. The number of hydrogen-bond donors (Lipinski definition) is 0. The average Bonchev–Trinajstić information content (AvgIpc) is 2.75. The third kappa shape index (κ3) is 6.28. The van der Waals surface area contributed by atoms with Crippen molar-refractivity contribution in [2.24, 2.45) is 5.41 Å². The van der Waals surface area contributed by atoms with Crippen molar-refractivity contribution in [1.29, 1.82) is 0 Å². The second-order valence-corrected chi connectivity index (χ2v) is 8.83. The second kappa shape index (κ2) is 10.6. The number of ether oxygens (including phenoxy) is 2. The lowest BCUT2D eigenvalue weighted by molar-refractivity contribution is -0.186. The van der Waals surface area contributed by atoms with Gasteiger partial charge in [0.1, 0.15) is 5.75 Å². The van der Waals surface area contributed by atoms with Crippen LogP contribution in [0.25, 0.3) is 11.4 Å². The fraction of sp³-hybridized carbons (Fsp3) is 0.560. The van der Waals surface area contributed by atoms with Crippen LogP contribution in [-0.2, 0) is 16.0 Å². The number of rotatable bonds is 10. The van der Waals surface area contributed by atoms with E-state index >= 15 is 0 Å². The van der Waals surface area contributed by atoms with Gasteiger partial charge in [0.25, 0.3) is 0 Å². The van der Waals surface area contributed by atoms with E-state index in [4.69, 9.17) is 9.47 Å². The van der Waals surface area contributed by atoms with Crippen molar-refractivity contribution < 1.29 is 14.3 Å². The number of hydrogen-bond acceptors (Lipinski definition) is 5. The Balaban J connectivity index is 1.48. The lowest BCUT2D eigenvalue weighted by Crippen LogP contribution is -2.39. The zero-order chi connectivity index (χ0) is 21.4. The number of benzene rings is 1. The Hall–Kier alpha value is -2.43. The number of carbonyl (C=O) groups is 1. The fourth-order valence-electron chi connectivity index (χ4n) is 3.58. The molecule has 3 rings (SSSR count). The smallest absolute Gasteiger partial charge is 0.314 e. The highest BCUT2D eigenvalue weighted by atomic mass is 16.7. The molecule has 1 aliphatic rings. The minimum absolute atomic E-state index is 0.204. The number of cyclic esters (lactones) is 1. The summed E-state index contributed by atoms with van der Waals surface area (Å²) in [6.07, 6.45) is 13.6. The van der Waals surface area contributed by atoms with Crippen molar-refractivity contribution in [3.8, 4) is 17.1 Å². The molecule has 5 heteroatoms. The van der Waals surface area contributed by atoms with Gasteiger partial charge in [0.05, 0.1) is 5.41 Å². The number of aromatic nitrogens is 2. The van der Waals surface area contributed by atoms with Crippen molar-refractivity contribution in [2.75, 3.05) is 0 Å². The Labute approximate surface area is 180 Å². The molecule has 1 aromatic heterocycles. The maximum Gasteiger partial charge on any atom is 0.314 e. The molecule has 1 unspecified atom stereocenters. The molecule has 1 saturated heterocycles. The van der Waals surface area contributed by atoms with E-state index in [9.17, 15) is 4.79 Å². The van der Waals surface area contributed by atoms with E-state index in [-0.39, 0.29) is 5.97 Å². The molecule has 2 aromatic rings. The van der Waals surface area contributed by atoms with E-state index in [2.05, 4.69) is 16.9 Å². The fourth-order valence-corrected chi connectivity index (χ4v) is 3.58. The minimum Gasteiger partial charge on any atom is -0.455 e. The molecule has 1 atom stereocenters. The van der Waals surface area contributed by atoms with Crippen LogP contribution in [0, 0.1) is 5.41 Å². The Morgan fingerprint density at radius 3 is 2.37 bits per heavy atom. The van der Waals surface area contributed by atoms with Crippen LogP contribution in [0.5, 0.6) is 5.75 Å². The van der Waals surface area contributed by atoms with Crippen LogP contribution in [-0.4, -0.2) is 22.2 Å². The molecule has 0 amide bonds. The Morgan fingerprint density at radius 1 is 1.03 bits per heavy atom. The standard InChI is InChI=1S/C25H34N2O3/c1-4-5-6-7-8-9-10-19-17-26-23(27-18-19)20-11-13-21(14-12-20)29-22-15-16-25(2,3)24(28)30-22/h11-14,17-18,22H,4-10,15-16H2,1-3H3. The van der Waals surface area contributed by atoms with Gasteiger partial charge in [-0.1, -0.05) is 39.0 Å². The summed E-state index contributed by atoms with van der Waals surface area (Å²) < 4.78 is 11.2. The lowest BCUT2D eigenvalue weighted by atomic mass is 9.86. The summed E-state index contributed by atoms with van der Waals surface area (Å²) in [6, 6.07) is 7.62. The second-order valence-electron chi connectivity index (χ2n) is 8.83. The monoisotopic (exact) mass is 410 g/mol. The predicted molar refractivity (Wildman–Crippen MR) is 118 cm³/mol. The summed E-state index contributed by atoms with van der Waals surface area (Å²) >= 11 is 0. The number of nitrogens with zero attached hydrogens (tertiary/aromatic N) is 2. The first-order chi connectivity index (χ1) is 14.5.